The van der Waals surface area contributed by atoms with Crippen molar-refractivity contribution in [3.05, 3.63) is 89.9 Å². The van der Waals surface area contributed by atoms with Gasteiger partial charge in [-0.1, -0.05) is 42.5 Å². The van der Waals surface area contributed by atoms with E-state index >= 15 is 0 Å². The number of ether oxygens (including phenoxy) is 1. The molecule has 0 radical (unpaired) electrons. The zero-order valence-electron chi connectivity index (χ0n) is 14.2. The van der Waals surface area contributed by atoms with Crippen LogP contribution in [0, 0.1) is 5.82 Å². The molecule has 0 aliphatic carbocycles. The molecule has 132 valence electrons. The molecule has 0 aliphatic rings. The molecule has 3 aromatic rings. The smallest absolute Gasteiger partial charge is 0.225 e. The fourth-order valence-electron chi connectivity index (χ4n) is 2.42. The van der Waals surface area contributed by atoms with Crippen LogP contribution in [-0.4, -0.2) is 10.9 Å². The molecule has 1 aromatic heterocycles. The first-order valence-electron chi connectivity index (χ1n) is 8.36. The summed E-state index contributed by atoms with van der Waals surface area (Å²) in [4.78, 5) is 16.2. The number of amides is 1. The molecule has 26 heavy (non-hydrogen) atoms. The molecule has 0 spiro atoms. The van der Waals surface area contributed by atoms with Gasteiger partial charge in [-0.2, -0.15) is 0 Å². The summed E-state index contributed by atoms with van der Waals surface area (Å²) < 4.78 is 18.6. The number of anilines is 1. The van der Waals surface area contributed by atoms with Crippen LogP contribution in [-0.2, 0) is 17.8 Å². The Balaban J connectivity index is 1.51. The highest BCUT2D eigenvalue weighted by Crippen LogP contribution is 2.17. The molecule has 4 nitrogen and oxygen atoms in total. The van der Waals surface area contributed by atoms with E-state index in [1.165, 1.54) is 12.1 Å². The van der Waals surface area contributed by atoms with E-state index in [2.05, 4.69) is 10.3 Å². The van der Waals surface area contributed by atoms with E-state index in [9.17, 15) is 9.18 Å². The standard InChI is InChI=1S/C21H19FN2O2/c22-18-9-6-17(7-10-18)15-26-19-12-13-23-20(14-19)24-21(25)11-8-16-4-2-1-3-5-16/h1-7,9-10,12-14H,8,11,15H2,(H,23,24,25). The van der Waals surface area contributed by atoms with Gasteiger partial charge in [-0.15, -0.1) is 0 Å². The predicted octanol–water partition coefficient (Wildman–Crippen LogP) is 4.37. The molecule has 0 atom stereocenters. The van der Waals surface area contributed by atoms with Gasteiger partial charge in [0.15, 0.2) is 0 Å². The lowest BCUT2D eigenvalue weighted by atomic mass is 10.1. The third-order valence-corrected chi connectivity index (χ3v) is 3.80. The third-order valence-electron chi connectivity index (χ3n) is 3.80. The molecule has 3 rings (SSSR count). The summed E-state index contributed by atoms with van der Waals surface area (Å²) in [6, 6.07) is 19.4. The number of hydrogen-bond acceptors (Lipinski definition) is 3. The van der Waals surface area contributed by atoms with E-state index in [-0.39, 0.29) is 11.7 Å². The van der Waals surface area contributed by atoms with Crippen molar-refractivity contribution in [3.63, 3.8) is 0 Å². The van der Waals surface area contributed by atoms with Crippen molar-refractivity contribution in [2.45, 2.75) is 19.4 Å². The number of aromatic nitrogens is 1. The fraction of sp³-hybridized carbons (Fsp3) is 0.143. The number of nitrogens with one attached hydrogen (secondary N) is 1. The van der Waals surface area contributed by atoms with Crippen LogP contribution in [0.1, 0.15) is 17.5 Å². The molecule has 0 unspecified atom stereocenters. The Morgan fingerprint density at radius 2 is 1.77 bits per heavy atom. The van der Waals surface area contributed by atoms with Crippen molar-refractivity contribution < 1.29 is 13.9 Å². The van der Waals surface area contributed by atoms with Crippen molar-refractivity contribution >= 4 is 11.7 Å². The second kappa shape index (κ2) is 8.76. The molecule has 0 saturated heterocycles. The molecule has 0 fully saturated rings. The minimum absolute atomic E-state index is 0.1000. The minimum Gasteiger partial charge on any atom is -0.489 e. The van der Waals surface area contributed by atoms with Gasteiger partial charge in [-0.05, 0) is 35.7 Å². The van der Waals surface area contributed by atoms with Gasteiger partial charge in [0.05, 0.1) is 0 Å². The average Bonchev–Trinajstić information content (AvgIpc) is 2.67. The molecule has 1 N–H and O–H groups in total. The molecule has 1 heterocycles. The molecule has 0 saturated carbocycles. The Hall–Kier alpha value is -3.21. The molecule has 0 aliphatic heterocycles. The summed E-state index contributed by atoms with van der Waals surface area (Å²) in [5, 5.41) is 2.78. The Bertz CT molecular complexity index is 851. The highest BCUT2D eigenvalue weighted by molar-refractivity contribution is 5.90. The number of carbonyl (C=O) groups is 1. The van der Waals surface area contributed by atoms with Gasteiger partial charge in [0, 0.05) is 18.7 Å². The Labute approximate surface area is 151 Å². The Kier molecular flexibility index (Phi) is 5.93. The average molecular weight is 350 g/mol. The van der Waals surface area contributed by atoms with Crippen LogP contribution >= 0.6 is 0 Å². The van der Waals surface area contributed by atoms with E-state index in [1.807, 2.05) is 30.3 Å². The third kappa shape index (κ3) is 5.41. The number of aryl methyl sites for hydroxylation is 1. The second-order valence-corrected chi connectivity index (χ2v) is 5.83. The van der Waals surface area contributed by atoms with Crippen LogP contribution < -0.4 is 10.1 Å². The molecule has 0 bridgehead atoms. The molecular weight excluding hydrogens is 331 g/mol. The normalized spacial score (nSPS) is 10.3. The highest BCUT2D eigenvalue weighted by atomic mass is 19.1. The van der Waals surface area contributed by atoms with E-state index in [0.717, 1.165) is 11.1 Å². The second-order valence-electron chi connectivity index (χ2n) is 5.83. The van der Waals surface area contributed by atoms with Crippen molar-refractivity contribution in [1.82, 2.24) is 4.98 Å². The summed E-state index contributed by atoms with van der Waals surface area (Å²) in [6.45, 7) is 0.311. The van der Waals surface area contributed by atoms with Crippen LogP contribution in [0.4, 0.5) is 10.2 Å². The SMILES string of the molecule is O=C(CCc1ccccc1)Nc1cc(OCc2ccc(F)cc2)ccn1. The summed E-state index contributed by atoms with van der Waals surface area (Å²) in [5.41, 5.74) is 1.98. The van der Waals surface area contributed by atoms with Crippen LogP contribution in [0.3, 0.4) is 0 Å². The van der Waals surface area contributed by atoms with Crippen LogP contribution in [0.25, 0.3) is 0 Å². The molecule has 5 heteroatoms. The number of hydrogen-bond donors (Lipinski definition) is 1. The largest absolute Gasteiger partial charge is 0.489 e. The van der Waals surface area contributed by atoms with Crippen molar-refractivity contribution in [3.8, 4) is 5.75 Å². The van der Waals surface area contributed by atoms with Gasteiger partial charge in [-0.25, -0.2) is 9.37 Å². The summed E-state index contributed by atoms with van der Waals surface area (Å²) >= 11 is 0. The highest BCUT2D eigenvalue weighted by Gasteiger charge is 2.05. The summed E-state index contributed by atoms with van der Waals surface area (Å²) in [5.74, 6) is 0.651. The predicted molar refractivity (Wildman–Crippen MR) is 98.4 cm³/mol. The summed E-state index contributed by atoms with van der Waals surface area (Å²) in [7, 11) is 0. The van der Waals surface area contributed by atoms with Crippen LogP contribution in [0.5, 0.6) is 5.75 Å². The van der Waals surface area contributed by atoms with Gasteiger partial charge in [0.2, 0.25) is 5.91 Å². The maximum Gasteiger partial charge on any atom is 0.225 e. The van der Waals surface area contributed by atoms with E-state index in [0.29, 0.717) is 31.0 Å². The van der Waals surface area contributed by atoms with Gasteiger partial charge < -0.3 is 10.1 Å². The number of halogens is 1. The van der Waals surface area contributed by atoms with Gasteiger partial charge in [0.1, 0.15) is 24.0 Å². The monoisotopic (exact) mass is 350 g/mol. The lowest BCUT2D eigenvalue weighted by Crippen LogP contribution is -2.13. The van der Waals surface area contributed by atoms with Crippen molar-refractivity contribution in [2.24, 2.45) is 0 Å². The molecule has 1 amide bonds. The number of carbonyl (C=O) groups excluding carboxylic acids is 1. The maximum absolute atomic E-state index is 12.9. The van der Waals surface area contributed by atoms with Gasteiger partial charge >= 0.3 is 0 Å². The van der Waals surface area contributed by atoms with Crippen LogP contribution in [0.2, 0.25) is 0 Å². The van der Waals surface area contributed by atoms with Gasteiger partial charge in [0.25, 0.3) is 0 Å². The molecular formula is C21H19FN2O2. The first-order chi connectivity index (χ1) is 12.7. The first kappa shape index (κ1) is 17.6. The Morgan fingerprint density at radius 1 is 1.00 bits per heavy atom. The molecule has 2 aromatic carbocycles. The zero-order valence-corrected chi connectivity index (χ0v) is 14.2. The Morgan fingerprint density at radius 3 is 2.54 bits per heavy atom. The number of nitrogens with zero attached hydrogens (tertiary/aromatic N) is 1. The zero-order chi connectivity index (χ0) is 18.2. The lowest BCUT2D eigenvalue weighted by Gasteiger charge is -2.09. The number of rotatable bonds is 7. The lowest BCUT2D eigenvalue weighted by molar-refractivity contribution is -0.116. The van der Waals surface area contributed by atoms with Crippen molar-refractivity contribution in [1.29, 1.82) is 0 Å². The van der Waals surface area contributed by atoms with Gasteiger partial charge in [-0.3, -0.25) is 4.79 Å². The number of benzene rings is 2. The summed E-state index contributed by atoms with van der Waals surface area (Å²) in [6.07, 6.45) is 2.63. The van der Waals surface area contributed by atoms with Crippen molar-refractivity contribution in [2.75, 3.05) is 5.32 Å². The topological polar surface area (TPSA) is 51.2 Å². The van der Waals surface area contributed by atoms with E-state index in [4.69, 9.17) is 4.74 Å². The quantitative estimate of drug-likeness (QED) is 0.688. The minimum atomic E-state index is -0.279. The van der Waals surface area contributed by atoms with E-state index < -0.39 is 0 Å². The first-order valence-corrected chi connectivity index (χ1v) is 8.36. The van der Waals surface area contributed by atoms with E-state index in [1.54, 1.807) is 30.5 Å². The fourth-order valence-corrected chi connectivity index (χ4v) is 2.42. The number of pyridine rings is 1. The van der Waals surface area contributed by atoms with Crippen LogP contribution in [0.15, 0.2) is 72.9 Å². The maximum atomic E-state index is 12.9.